The Kier molecular flexibility index (Phi) is 6.26. The lowest BCUT2D eigenvalue weighted by Gasteiger charge is -2.16. The molecule has 0 fully saturated rings. The first-order valence-electron chi connectivity index (χ1n) is 5.47. The Hall–Kier alpha value is -0.450. The van der Waals surface area contributed by atoms with Gasteiger partial charge in [0.05, 0.1) is 21.1 Å². The van der Waals surface area contributed by atoms with Gasteiger partial charge in [0.1, 0.15) is 5.75 Å². The predicted octanol–water partition coefficient (Wildman–Crippen LogP) is 4.48. The van der Waals surface area contributed by atoms with Gasteiger partial charge in [-0.2, -0.15) is 0 Å². The van der Waals surface area contributed by atoms with Crippen molar-refractivity contribution in [3.05, 3.63) is 26.7 Å². The molecule has 1 aromatic rings. The van der Waals surface area contributed by atoms with Crippen LogP contribution in [0.2, 0.25) is 10.0 Å². The first-order valence-corrected chi connectivity index (χ1v) is 7.02. The van der Waals surface area contributed by atoms with Crippen molar-refractivity contribution in [3.63, 3.8) is 0 Å². The minimum Gasteiger partial charge on any atom is -0.479 e. The number of halogens is 3. The average Bonchev–Trinajstić information content (AvgIpc) is 2.33. The zero-order valence-corrected chi connectivity index (χ0v) is 13.1. The van der Waals surface area contributed by atoms with E-state index in [1.165, 1.54) is 0 Å². The number of esters is 1. The summed E-state index contributed by atoms with van der Waals surface area (Å²) in [5.41, 5.74) is 0. The van der Waals surface area contributed by atoms with Gasteiger partial charge in [0.25, 0.3) is 0 Å². The van der Waals surface area contributed by atoms with Crippen molar-refractivity contribution in [3.8, 4) is 5.75 Å². The van der Waals surface area contributed by atoms with Crippen molar-refractivity contribution in [2.75, 3.05) is 6.61 Å². The molecule has 0 radical (unpaired) electrons. The van der Waals surface area contributed by atoms with Gasteiger partial charge >= 0.3 is 5.97 Å². The topological polar surface area (TPSA) is 35.5 Å². The number of hydrogen-bond acceptors (Lipinski definition) is 3. The molecular weight excluding hydrogens is 343 g/mol. The fourth-order valence-electron chi connectivity index (χ4n) is 1.30. The maximum atomic E-state index is 11.6. The summed E-state index contributed by atoms with van der Waals surface area (Å²) >= 11 is 15.2. The third-order valence-electron chi connectivity index (χ3n) is 2.16. The van der Waals surface area contributed by atoms with E-state index < -0.39 is 12.1 Å². The summed E-state index contributed by atoms with van der Waals surface area (Å²) in [6, 6.07) is 3.19. The second kappa shape index (κ2) is 7.22. The Labute approximate surface area is 124 Å². The highest BCUT2D eigenvalue weighted by Crippen LogP contribution is 2.34. The molecule has 0 heterocycles. The molecule has 0 saturated heterocycles. The van der Waals surface area contributed by atoms with E-state index in [2.05, 4.69) is 15.9 Å². The highest BCUT2D eigenvalue weighted by atomic mass is 79.9. The Morgan fingerprint density at radius 1 is 1.33 bits per heavy atom. The van der Waals surface area contributed by atoms with E-state index in [0.29, 0.717) is 33.3 Å². The summed E-state index contributed by atoms with van der Waals surface area (Å²) in [4.78, 5) is 11.6. The fraction of sp³-hybridized carbons (Fsp3) is 0.417. The second-order valence-corrected chi connectivity index (χ2v) is 5.08. The number of rotatable bonds is 5. The zero-order valence-electron chi connectivity index (χ0n) is 10.0. The van der Waals surface area contributed by atoms with Crippen molar-refractivity contribution in [1.82, 2.24) is 0 Å². The first-order chi connectivity index (χ1) is 8.49. The van der Waals surface area contributed by atoms with Crippen LogP contribution in [0.15, 0.2) is 16.6 Å². The van der Waals surface area contributed by atoms with E-state index in [1.54, 1.807) is 19.1 Å². The van der Waals surface area contributed by atoms with E-state index in [-0.39, 0.29) is 0 Å². The summed E-state index contributed by atoms with van der Waals surface area (Å²) < 4.78 is 11.0. The minimum atomic E-state index is -0.654. The van der Waals surface area contributed by atoms with Gasteiger partial charge in [0, 0.05) is 12.1 Å². The van der Waals surface area contributed by atoms with Crippen LogP contribution in [0.25, 0.3) is 0 Å². The lowest BCUT2D eigenvalue weighted by molar-refractivity contribution is -0.151. The Morgan fingerprint density at radius 3 is 2.33 bits per heavy atom. The van der Waals surface area contributed by atoms with Crippen LogP contribution in [0, 0.1) is 0 Å². The molecule has 0 aliphatic heterocycles. The normalized spacial score (nSPS) is 12.1. The van der Waals surface area contributed by atoms with Crippen molar-refractivity contribution in [2.45, 2.75) is 26.4 Å². The maximum absolute atomic E-state index is 11.6. The van der Waals surface area contributed by atoms with Crippen LogP contribution in [-0.4, -0.2) is 18.7 Å². The van der Waals surface area contributed by atoms with Crippen molar-refractivity contribution < 1.29 is 14.3 Å². The predicted molar refractivity (Wildman–Crippen MR) is 75.5 cm³/mol. The first kappa shape index (κ1) is 15.6. The molecule has 0 N–H and O–H groups in total. The van der Waals surface area contributed by atoms with Gasteiger partial charge in [0.2, 0.25) is 0 Å². The number of carbonyl (C=O) groups excluding carboxylic acids is 1. The monoisotopic (exact) mass is 354 g/mol. The number of carbonyl (C=O) groups is 1. The van der Waals surface area contributed by atoms with Crippen LogP contribution in [0.3, 0.4) is 0 Å². The Morgan fingerprint density at radius 2 is 1.89 bits per heavy atom. The van der Waals surface area contributed by atoms with Crippen molar-refractivity contribution >= 4 is 45.1 Å². The SMILES string of the molecule is CCOC(=O)C(CC)Oc1cc(Cl)c(Br)c(Cl)c1. The van der Waals surface area contributed by atoms with E-state index in [9.17, 15) is 4.79 Å². The summed E-state index contributed by atoms with van der Waals surface area (Å²) in [6.45, 7) is 3.90. The highest BCUT2D eigenvalue weighted by molar-refractivity contribution is 9.10. The van der Waals surface area contributed by atoms with Gasteiger partial charge in [-0.3, -0.25) is 0 Å². The smallest absolute Gasteiger partial charge is 0.347 e. The van der Waals surface area contributed by atoms with E-state index in [0.717, 1.165) is 0 Å². The molecule has 0 saturated carbocycles. The van der Waals surface area contributed by atoms with Crippen LogP contribution in [0.1, 0.15) is 20.3 Å². The van der Waals surface area contributed by atoms with Crippen LogP contribution in [-0.2, 0) is 9.53 Å². The van der Waals surface area contributed by atoms with Gasteiger partial charge in [-0.15, -0.1) is 0 Å². The number of benzene rings is 1. The summed E-state index contributed by atoms with van der Waals surface area (Å²) in [7, 11) is 0. The highest BCUT2D eigenvalue weighted by Gasteiger charge is 2.20. The minimum absolute atomic E-state index is 0.320. The quantitative estimate of drug-likeness (QED) is 0.577. The van der Waals surface area contributed by atoms with Crippen LogP contribution in [0.4, 0.5) is 0 Å². The van der Waals surface area contributed by atoms with E-state index in [1.807, 2.05) is 6.92 Å². The lowest BCUT2D eigenvalue weighted by Crippen LogP contribution is -2.28. The number of ether oxygens (including phenoxy) is 2. The molecule has 0 spiro atoms. The Balaban J connectivity index is 2.85. The molecule has 1 unspecified atom stereocenters. The molecule has 1 aromatic carbocycles. The van der Waals surface area contributed by atoms with Crippen molar-refractivity contribution in [2.24, 2.45) is 0 Å². The van der Waals surface area contributed by atoms with Crippen molar-refractivity contribution in [1.29, 1.82) is 0 Å². The van der Waals surface area contributed by atoms with Crippen LogP contribution >= 0.6 is 39.1 Å². The molecule has 1 atom stereocenters. The standard InChI is InChI=1S/C12H13BrCl2O3/c1-3-10(12(16)17-4-2)18-7-5-8(14)11(13)9(15)6-7/h5-6,10H,3-4H2,1-2H3. The maximum Gasteiger partial charge on any atom is 0.347 e. The second-order valence-electron chi connectivity index (χ2n) is 3.47. The molecule has 1 rings (SSSR count). The van der Waals surface area contributed by atoms with Gasteiger partial charge in [0.15, 0.2) is 6.10 Å². The molecule has 3 nitrogen and oxygen atoms in total. The summed E-state index contributed by atoms with van der Waals surface area (Å²) in [6.07, 6.45) is -0.150. The number of hydrogen-bond donors (Lipinski definition) is 0. The molecule has 0 aliphatic carbocycles. The third kappa shape index (κ3) is 4.04. The molecule has 0 aliphatic rings. The van der Waals surface area contributed by atoms with Gasteiger partial charge in [-0.1, -0.05) is 30.1 Å². The van der Waals surface area contributed by atoms with Crippen LogP contribution < -0.4 is 4.74 Å². The van der Waals surface area contributed by atoms with Gasteiger partial charge in [-0.25, -0.2) is 4.79 Å². The third-order valence-corrected chi connectivity index (χ3v) is 4.06. The average molecular weight is 356 g/mol. The molecule has 0 bridgehead atoms. The largest absolute Gasteiger partial charge is 0.479 e. The molecular formula is C12H13BrCl2O3. The fourth-order valence-corrected chi connectivity index (χ4v) is 1.99. The molecule has 6 heteroatoms. The molecule has 0 aromatic heterocycles. The van der Waals surface area contributed by atoms with E-state index >= 15 is 0 Å². The zero-order chi connectivity index (χ0) is 13.7. The Bertz CT molecular complexity index is 414. The van der Waals surface area contributed by atoms with E-state index in [4.69, 9.17) is 32.7 Å². The molecule has 100 valence electrons. The summed E-state index contributed by atoms with van der Waals surface area (Å²) in [5.74, 6) is 0.0447. The van der Waals surface area contributed by atoms with Crippen LogP contribution in [0.5, 0.6) is 5.75 Å². The molecule has 0 amide bonds. The summed E-state index contributed by atoms with van der Waals surface area (Å²) in [5, 5.41) is 0.854. The van der Waals surface area contributed by atoms with Gasteiger partial charge in [-0.05, 0) is 29.3 Å². The van der Waals surface area contributed by atoms with Gasteiger partial charge < -0.3 is 9.47 Å². The lowest BCUT2D eigenvalue weighted by atomic mass is 10.2. The molecule has 18 heavy (non-hydrogen) atoms.